The van der Waals surface area contributed by atoms with Gasteiger partial charge in [-0.05, 0) is 43.5 Å². The van der Waals surface area contributed by atoms with E-state index in [-0.39, 0.29) is 12.5 Å². The molecule has 1 saturated heterocycles. The molecule has 2 aliphatic rings. The number of likely N-dealkylation sites (tertiary alicyclic amines) is 1. The van der Waals surface area contributed by atoms with Gasteiger partial charge in [0.2, 0.25) is 0 Å². The number of hydrogen-bond acceptors (Lipinski definition) is 6. The summed E-state index contributed by atoms with van der Waals surface area (Å²) in [6.07, 6.45) is -0.316. The quantitative estimate of drug-likeness (QED) is 0.352. The number of rotatable bonds is 5. The average molecular weight is 587 g/mol. The molecule has 0 bridgehead atoms. The lowest BCUT2D eigenvalue weighted by molar-refractivity contribution is 0.0812. The van der Waals surface area contributed by atoms with Gasteiger partial charge in [0.05, 0.1) is 23.8 Å². The Morgan fingerprint density at radius 1 is 1.18 bits per heavy atom. The summed E-state index contributed by atoms with van der Waals surface area (Å²) in [4.78, 5) is 51.7. The number of amides is 3. The van der Waals surface area contributed by atoms with Crippen LogP contribution in [0.2, 0.25) is 5.02 Å². The van der Waals surface area contributed by atoms with Crippen LogP contribution < -0.4 is 10.6 Å². The van der Waals surface area contributed by atoms with E-state index in [9.17, 15) is 19.5 Å². The summed E-state index contributed by atoms with van der Waals surface area (Å²) in [6, 6.07) is 5.51. The van der Waals surface area contributed by atoms with E-state index in [0.29, 0.717) is 21.8 Å². The van der Waals surface area contributed by atoms with Gasteiger partial charge in [0.15, 0.2) is 5.01 Å². The van der Waals surface area contributed by atoms with E-state index in [0.717, 1.165) is 41.0 Å². The van der Waals surface area contributed by atoms with Gasteiger partial charge >= 0.3 is 6.09 Å². The first-order valence-corrected chi connectivity index (χ1v) is 14.6. The number of nitrogens with one attached hydrogen (secondary N) is 3. The maximum Gasteiger partial charge on any atom is 0.407 e. The largest absolute Gasteiger partial charge is 0.465 e. The minimum Gasteiger partial charge on any atom is -0.465 e. The van der Waals surface area contributed by atoms with Crippen molar-refractivity contribution in [2.45, 2.75) is 71.8 Å². The molecular formula is C28H35ClN6O4S. The molecule has 0 aliphatic carbocycles. The average Bonchev–Trinajstić information content (AvgIpc) is 3.58. The van der Waals surface area contributed by atoms with E-state index < -0.39 is 35.5 Å². The summed E-state index contributed by atoms with van der Waals surface area (Å²) in [5.74, 6) is -0.753. The second-order valence-electron chi connectivity index (χ2n) is 11.9. The van der Waals surface area contributed by atoms with Crippen LogP contribution in [0.15, 0.2) is 24.3 Å². The lowest BCUT2D eigenvalue weighted by atomic mass is 9.81. The molecule has 2 aromatic heterocycles. The second kappa shape index (κ2) is 10.7. The van der Waals surface area contributed by atoms with E-state index in [1.807, 2.05) is 20.8 Å². The lowest BCUT2D eigenvalue weighted by Gasteiger charge is -2.37. The third-order valence-electron chi connectivity index (χ3n) is 7.76. The number of thiazole rings is 1. The van der Waals surface area contributed by atoms with Crippen molar-refractivity contribution in [2.24, 2.45) is 5.41 Å². The number of fused-ring (bicyclic) bond motifs is 2. The van der Waals surface area contributed by atoms with Crippen molar-refractivity contribution in [1.82, 2.24) is 30.4 Å². The van der Waals surface area contributed by atoms with Crippen LogP contribution >= 0.6 is 22.9 Å². The summed E-state index contributed by atoms with van der Waals surface area (Å²) in [5.41, 5.74) is 1.51. The summed E-state index contributed by atoms with van der Waals surface area (Å²) in [6.45, 7) is 11.8. The molecule has 4 heterocycles. The molecule has 0 radical (unpaired) electrons. The first kappa shape index (κ1) is 28.4. The van der Waals surface area contributed by atoms with E-state index in [1.54, 1.807) is 24.3 Å². The van der Waals surface area contributed by atoms with Crippen LogP contribution in [0.4, 0.5) is 4.79 Å². The number of halogens is 1. The molecule has 4 N–H and O–H groups in total. The number of carboxylic acid groups (broad SMARTS) is 1. The van der Waals surface area contributed by atoms with Crippen molar-refractivity contribution in [1.29, 1.82) is 0 Å². The zero-order chi connectivity index (χ0) is 28.9. The topological polar surface area (TPSA) is 131 Å². The fourth-order valence-electron chi connectivity index (χ4n) is 5.81. The van der Waals surface area contributed by atoms with E-state index >= 15 is 0 Å². The second-order valence-corrected chi connectivity index (χ2v) is 13.5. The Labute approximate surface area is 242 Å². The molecule has 3 amide bonds. The SMILES string of the molecule is CC(C)N1CCc2nc(C(=O)N[C@@H]3CN(C(=O)O)C(C(C)(C)C)[C@@H]3NC(=O)c3cc4cc(Cl)ccc4[nH]3)sc2C1. The molecule has 5 rings (SSSR count). The Hall–Kier alpha value is -3.15. The Morgan fingerprint density at radius 3 is 2.60 bits per heavy atom. The summed E-state index contributed by atoms with van der Waals surface area (Å²) >= 11 is 7.49. The Morgan fingerprint density at radius 2 is 1.93 bits per heavy atom. The first-order chi connectivity index (χ1) is 18.8. The highest BCUT2D eigenvalue weighted by Gasteiger charge is 2.50. The van der Waals surface area contributed by atoms with Crippen LogP contribution in [-0.2, 0) is 13.0 Å². The highest BCUT2D eigenvalue weighted by atomic mass is 35.5. The summed E-state index contributed by atoms with van der Waals surface area (Å²) in [7, 11) is 0. The molecule has 1 fully saturated rings. The van der Waals surface area contributed by atoms with Crippen molar-refractivity contribution < 1.29 is 19.5 Å². The fourth-order valence-corrected chi connectivity index (χ4v) is 7.03. The van der Waals surface area contributed by atoms with E-state index in [1.165, 1.54) is 16.2 Å². The summed E-state index contributed by atoms with van der Waals surface area (Å²) in [5, 5.41) is 17.8. The molecule has 10 nitrogen and oxygen atoms in total. The zero-order valence-electron chi connectivity index (χ0n) is 23.2. The number of hydrogen-bond donors (Lipinski definition) is 4. The van der Waals surface area contributed by atoms with E-state index in [4.69, 9.17) is 11.6 Å². The van der Waals surface area contributed by atoms with Gasteiger partial charge in [0.25, 0.3) is 11.8 Å². The Balaban J connectivity index is 1.40. The standard InChI is InChI=1S/C28H35ClN6O4S/c1-14(2)34-9-8-18-21(13-34)40-26(32-18)25(37)31-20-12-35(27(38)39)23(28(3,4)5)22(20)33-24(36)19-11-15-10-16(29)6-7-17(15)30-19/h6-7,10-11,14,20,22-23,30H,8-9,12-13H2,1-5H3,(H,31,37)(H,33,36)(H,38,39)/t20-,22-,23?/m1/s1. The highest BCUT2D eigenvalue weighted by Crippen LogP contribution is 2.34. The van der Waals surface area contributed by atoms with Crippen molar-refractivity contribution in [3.8, 4) is 0 Å². The van der Waals surface area contributed by atoms with Crippen LogP contribution in [0.3, 0.4) is 0 Å². The molecule has 3 atom stereocenters. The Kier molecular flexibility index (Phi) is 7.58. The van der Waals surface area contributed by atoms with Crippen molar-refractivity contribution in [3.05, 3.63) is 50.6 Å². The number of aromatic amines is 1. The van der Waals surface area contributed by atoms with Crippen LogP contribution in [0, 0.1) is 5.41 Å². The monoisotopic (exact) mass is 586 g/mol. The molecule has 214 valence electrons. The number of benzene rings is 1. The van der Waals surface area contributed by atoms with Crippen LogP contribution in [0.25, 0.3) is 10.9 Å². The van der Waals surface area contributed by atoms with Gasteiger partial charge in [-0.3, -0.25) is 14.5 Å². The van der Waals surface area contributed by atoms with Crippen molar-refractivity contribution in [2.75, 3.05) is 13.1 Å². The minimum atomic E-state index is -1.10. The smallest absolute Gasteiger partial charge is 0.407 e. The number of H-pyrrole nitrogens is 1. The van der Waals surface area contributed by atoms with Gasteiger partial charge < -0.3 is 25.6 Å². The lowest BCUT2D eigenvalue weighted by Crippen LogP contribution is -2.57. The van der Waals surface area contributed by atoms with Gasteiger partial charge in [0.1, 0.15) is 5.69 Å². The predicted molar refractivity (Wildman–Crippen MR) is 155 cm³/mol. The number of nitrogens with zero attached hydrogens (tertiary/aromatic N) is 3. The van der Waals surface area contributed by atoms with Gasteiger partial charge in [-0.1, -0.05) is 32.4 Å². The molecular weight excluding hydrogens is 552 g/mol. The normalized spacial score (nSPS) is 21.6. The van der Waals surface area contributed by atoms with Crippen molar-refractivity contribution >= 4 is 51.7 Å². The third kappa shape index (κ3) is 5.55. The molecule has 0 saturated carbocycles. The maximum absolute atomic E-state index is 13.5. The summed E-state index contributed by atoms with van der Waals surface area (Å²) < 4.78 is 0. The fraction of sp³-hybridized carbons (Fsp3) is 0.500. The molecule has 1 aromatic carbocycles. The number of carbonyl (C=O) groups is 3. The van der Waals surface area contributed by atoms with Crippen LogP contribution in [0.1, 0.15) is 65.5 Å². The highest BCUT2D eigenvalue weighted by molar-refractivity contribution is 7.13. The molecule has 3 aromatic rings. The maximum atomic E-state index is 13.5. The van der Waals surface area contributed by atoms with Gasteiger partial charge in [0, 0.05) is 52.9 Å². The van der Waals surface area contributed by atoms with Gasteiger partial charge in [-0.2, -0.15) is 0 Å². The number of aromatic nitrogens is 2. The van der Waals surface area contributed by atoms with Gasteiger partial charge in [-0.25, -0.2) is 9.78 Å². The minimum absolute atomic E-state index is 0.0441. The van der Waals surface area contributed by atoms with E-state index in [2.05, 4.69) is 39.3 Å². The van der Waals surface area contributed by atoms with Crippen LogP contribution in [-0.4, -0.2) is 80.0 Å². The molecule has 12 heteroatoms. The zero-order valence-corrected chi connectivity index (χ0v) is 24.8. The first-order valence-electron chi connectivity index (χ1n) is 13.4. The van der Waals surface area contributed by atoms with Crippen molar-refractivity contribution in [3.63, 3.8) is 0 Å². The molecule has 40 heavy (non-hydrogen) atoms. The number of carbonyl (C=O) groups excluding carboxylic acids is 2. The van der Waals surface area contributed by atoms with Crippen LogP contribution in [0.5, 0.6) is 0 Å². The molecule has 2 aliphatic heterocycles. The third-order valence-corrected chi connectivity index (χ3v) is 9.08. The Bertz CT molecular complexity index is 1460. The predicted octanol–water partition coefficient (Wildman–Crippen LogP) is 4.35. The van der Waals surface area contributed by atoms with Gasteiger partial charge in [-0.15, -0.1) is 11.3 Å². The molecule has 1 unspecified atom stereocenters. The molecule has 0 spiro atoms.